The van der Waals surface area contributed by atoms with Crippen LogP contribution in [0.5, 0.6) is 0 Å². The Kier molecular flexibility index (Phi) is 4.84. The van der Waals surface area contributed by atoms with Crippen molar-refractivity contribution in [3.05, 3.63) is 57.8 Å². The second kappa shape index (κ2) is 6.81. The van der Waals surface area contributed by atoms with E-state index < -0.39 is 4.92 Å². The largest absolute Gasteiger partial charge is 0.389 e. The number of amides is 1. The Morgan fingerprint density at radius 1 is 1.41 bits per heavy atom. The monoisotopic (exact) mass is 303 g/mol. The summed E-state index contributed by atoms with van der Waals surface area (Å²) >= 11 is 0. The van der Waals surface area contributed by atoms with E-state index >= 15 is 0 Å². The fourth-order valence-corrected chi connectivity index (χ4v) is 1.88. The van der Waals surface area contributed by atoms with Gasteiger partial charge in [0.1, 0.15) is 6.54 Å². The van der Waals surface area contributed by atoms with E-state index in [1.165, 1.54) is 16.9 Å². The van der Waals surface area contributed by atoms with Gasteiger partial charge in [0.2, 0.25) is 5.91 Å². The molecule has 0 bridgehead atoms. The number of nitrogens with zero attached hydrogens (tertiary/aromatic N) is 3. The molecule has 8 heteroatoms. The van der Waals surface area contributed by atoms with Crippen LogP contribution in [0, 0.1) is 10.1 Å². The zero-order chi connectivity index (χ0) is 16.1. The minimum atomic E-state index is -0.603. The molecule has 8 nitrogen and oxygen atoms in total. The van der Waals surface area contributed by atoms with Crippen molar-refractivity contribution in [2.24, 2.45) is 5.73 Å². The van der Waals surface area contributed by atoms with Crippen LogP contribution in [0.3, 0.4) is 0 Å². The van der Waals surface area contributed by atoms with Crippen LogP contribution < -0.4 is 11.1 Å². The van der Waals surface area contributed by atoms with E-state index in [2.05, 4.69) is 10.4 Å². The lowest BCUT2D eigenvalue weighted by molar-refractivity contribution is -0.389. The molecule has 2 rings (SSSR count). The molecule has 1 aromatic heterocycles. The van der Waals surface area contributed by atoms with Crippen molar-refractivity contribution in [3.63, 3.8) is 0 Å². The summed E-state index contributed by atoms with van der Waals surface area (Å²) in [5.74, 6) is -0.548. The van der Waals surface area contributed by atoms with E-state index in [1.807, 2.05) is 31.2 Å². The Morgan fingerprint density at radius 3 is 2.64 bits per heavy atom. The van der Waals surface area contributed by atoms with Gasteiger partial charge in [0, 0.05) is 12.6 Å². The number of nitro groups is 1. The Morgan fingerprint density at radius 2 is 2.09 bits per heavy atom. The summed E-state index contributed by atoms with van der Waals surface area (Å²) in [6.45, 7) is 2.22. The first-order valence-corrected chi connectivity index (χ1v) is 6.74. The van der Waals surface area contributed by atoms with E-state index in [1.54, 1.807) is 0 Å². The van der Waals surface area contributed by atoms with Gasteiger partial charge in [-0.2, -0.15) is 4.68 Å². The third kappa shape index (κ3) is 4.13. The Bertz CT molecular complexity index is 663. The molecule has 116 valence electrons. The summed E-state index contributed by atoms with van der Waals surface area (Å²) in [7, 11) is 0. The summed E-state index contributed by atoms with van der Waals surface area (Å²) in [5, 5.41) is 16.9. The second-order valence-electron chi connectivity index (χ2n) is 4.94. The van der Waals surface area contributed by atoms with Crippen molar-refractivity contribution in [1.82, 2.24) is 15.1 Å². The SMILES string of the molecule is C[C@@H](N)c1ccc(CNC(=O)Cn2ccc([N+](=O)[O-])n2)cc1. The third-order valence-corrected chi connectivity index (χ3v) is 3.11. The normalized spacial score (nSPS) is 11.9. The fourth-order valence-electron chi connectivity index (χ4n) is 1.88. The summed E-state index contributed by atoms with van der Waals surface area (Å²) in [6.07, 6.45) is 1.40. The lowest BCUT2D eigenvalue weighted by Crippen LogP contribution is -2.27. The van der Waals surface area contributed by atoms with Crippen LogP contribution >= 0.6 is 0 Å². The number of nitrogens with two attached hydrogens (primary N) is 1. The molecule has 0 aliphatic heterocycles. The number of aromatic nitrogens is 2. The van der Waals surface area contributed by atoms with Crippen LogP contribution in [-0.4, -0.2) is 20.6 Å². The van der Waals surface area contributed by atoms with Gasteiger partial charge in [0.05, 0.1) is 17.4 Å². The Balaban J connectivity index is 1.85. The van der Waals surface area contributed by atoms with Crippen LogP contribution in [-0.2, 0) is 17.9 Å². The van der Waals surface area contributed by atoms with Gasteiger partial charge in [-0.25, -0.2) is 0 Å². The number of nitrogens with one attached hydrogen (secondary N) is 1. The van der Waals surface area contributed by atoms with Crippen molar-refractivity contribution in [2.45, 2.75) is 26.1 Å². The molecule has 1 amide bonds. The second-order valence-corrected chi connectivity index (χ2v) is 4.94. The van der Waals surface area contributed by atoms with Gasteiger partial charge < -0.3 is 21.2 Å². The number of carbonyl (C=O) groups excluding carboxylic acids is 1. The van der Waals surface area contributed by atoms with Crippen LogP contribution in [0.1, 0.15) is 24.1 Å². The Labute approximate surface area is 127 Å². The third-order valence-electron chi connectivity index (χ3n) is 3.11. The van der Waals surface area contributed by atoms with Gasteiger partial charge in [0.25, 0.3) is 0 Å². The average molecular weight is 303 g/mol. The molecular formula is C14H17N5O3. The average Bonchev–Trinajstić information content (AvgIpc) is 2.94. The molecule has 0 aliphatic rings. The van der Waals surface area contributed by atoms with Crippen LogP contribution in [0.25, 0.3) is 0 Å². The van der Waals surface area contributed by atoms with E-state index in [0.29, 0.717) is 6.54 Å². The van der Waals surface area contributed by atoms with Crippen LogP contribution in [0.15, 0.2) is 36.5 Å². The highest BCUT2D eigenvalue weighted by Crippen LogP contribution is 2.10. The first-order valence-electron chi connectivity index (χ1n) is 6.74. The van der Waals surface area contributed by atoms with Crippen molar-refractivity contribution < 1.29 is 9.72 Å². The van der Waals surface area contributed by atoms with Gasteiger partial charge in [-0.05, 0) is 23.0 Å². The molecule has 1 atom stereocenters. The quantitative estimate of drug-likeness (QED) is 0.613. The molecule has 3 N–H and O–H groups in total. The smallest absolute Gasteiger partial charge is 0.358 e. The highest BCUT2D eigenvalue weighted by molar-refractivity contribution is 5.75. The summed E-state index contributed by atoms with van der Waals surface area (Å²) in [6, 6.07) is 8.86. The number of rotatable bonds is 6. The first kappa shape index (κ1) is 15.6. The molecule has 0 radical (unpaired) electrons. The highest BCUT2D eigenvalue weighted by atomic mass is 16.6. The van der Waals surface area contributed by atoms with Gasteiger partial charge in [0.15, 0.2) is 0 Å². The van der Waals surface area contributed by atoms with Crippen molar-refractivity contribution in [2.75, 3.05) is 0 Å². The van der Waals surface area contributed by atoms with Gasteiger partial charge >= 0.3 is 5.82 Å². The molecule has 0 spiro atoms. The topological polar surface area (TPSA) is 116 Å². The standard InChI is InChI=1S/C14H17N5O3/c1-10(15)12-4-2-11(3-5-12)8-16-14(20)9-18-7-6-13(17-18)19(21)22/h2-7,10H,8-9,15H2,1H3,(H,16,20)/t10-/m1/s1. The van der Waals surface area contributed by atoms with E-state index in [4.69, 9.17) is 5.73 Å². The van der Waals surface area contributed by atoms with E-state index in [9.17, 15) is 14.9 Å². The van der Waals surface area contributed by atoms with Crippen molar-refractivity contribution in [3.8, 4) is 0 Å². The molecular weight excluding hydrogens is 286 g/mol. The number of benzene rings is 1. The number of carbonyl (C=O) groups is 1. The molecule has 1 aromatic carbocycles. The predicted molar refractivity (Wildman–Crippen MR) is 79.8 cm³/mol. The molecule has 0 aliphatic carbocycles. The minimum absolute atomic E-state index is 0.0285. The molecule has 0 saturated heterocycles. The van der Waals surface area contributed by atoms with Gasteiger partial charge in [-0.15, -0.1) is 0 Å². The number of hydrogen-bond acceptors (Lipinski definition) is 5. The van der Waals surface area contributed by atoms with E-state index in [-0.39, 0.29) is 24.3 Å². The van der Waals surface area contributed by atoms with Crippen LogP contribution in [0.4, 0.5) is 5.82 Å². The van der Waals surface area contributed by atoms with Crippen molar-refractivity contribution in [1.29, 1.82) is 0 Å². The molecule has 2 aromatic rings. The number of hydrogen-bond donors (Lipinski definition) is 2. The maximum Gasteiger partial charge on any atom is 0.389 e. The first-order chi connectivity index (χ1) is 10.5. The highest BCUT2D eigenvalue weighted by Gasteiger charge is 2.13. The maximum atomic E-state index is 11.8. The molecule has 0 unspecified atom stereocenters. The maximum absolute atomic E-state index is 11.8. The van der Waals surface area contributed by atoms with Crippen molar-refractivity contribution >= 4 is 11.7 Å². The lowest BCUT2D eigenvalue weighted by atomic mass is 10.1. The predicted octanol–water partition coefficient (Wildman–Crippen LogP) is 1.13. The lowest BCUT2D eigenvalue weighted by Gasteiger charge is -2.08. The fraction of sp³-hybridized carbons (Fsp3) is 0.286. The summed E-state index contributed by atoms with van der Waals surface area (Å²) < 4.78 is 1.23. The van der Waals surface area contributed by atoms with Gasteiger partial charge in [-0.1, -0.05) is 24.3 Å². The van der Waals surface area contributed by atoms with Gasteiger partial charge in [-0.3, -0.25) is 4.79 Å². The zero-order valence-corrected chi connectivity index (χ0v) is 12.1. The van der Waals surface area contributed by atoms with Crippen LogP contribution in [0.2, 0.25) is 0 Å². The van der Waals surface area contributed by atoms with E-state index in [0.717, 1.165) is 11.1 Å². The summed E-state index contributed by atoms with van der Waals surface area (Å²) in [4.78, 5) is 21.7. The molecule has 22 heavy (non-hydrogen) atoms. The molecule has 1 heterocycles. The minimum Gasteiger partial charge on any atom is -0.358 e. The molecule has 0 saturated carbocycles. The zero-order valence-electron chi connectivity index (χ0n) is 12.1. The summed E-state index contributed by atoms with van der Waals surface area (Å²) in [5.41, 5.74) is 7.74. The molecule has 0 fully saturated rings. The Hall–Kier alpha value is -2.74.